The summed E-state index contributed by atoms with van der Waals surface area (Å²) in [6, 6.07) is 21.3. The summed E-state index contributed by atoms with van der Waals surface area (Å²) in [5.41, 5.74) is 5.69. The fourth-order valence-electron chi connectivity index (χ4n) is 4.57. The average Bonchev–Trinajstić information content (AvgIpc) is 3.13. The smallest absolute Gasteiger partial charge is 0.342 e. The molecule has 0 bridgehead atoms. The Bertz CT molecular complexity index is 1110. The van der Waals surface area contributed by atoms with Crippen LogP contribution in [0, 0.1) is 6.92 Å². The second kappa shape index (κ2) is 10.2. The molecule has 172 valence electrons. The Hall–Kier alpha value is -3.18. The van der Waals surface area contributed by atoms with Gasteiger partial charge in [-0.05, 0) is 68.5 Å². The molecule has 0 spiro atoms. The molecule has 4 rings (SSSR count). The number of aryl methyl sites for hydroxylation is 1. The van der Waals surface area contributed by atoms with Crippen molar-refractivity contribution in [1.29, 1.82) is 0 Å². The molecule has 2 aromatic carbocycles. The van der Waals surface area contributed by atoms with Gasteiger partial charge in [-0.3, -0.25) is 4.90 Å². The average molecular weight is 444 g/mol. The third-order valence-corrected chi connectivity index (χ3v) is 6.40. The van der Waals surface area contributed by atoms with Gasteiger partial charge in [0, 0.05) is 31.4 Å². The van der Waals surface area contributed by atoms with Crippen molar-refractivity contribution in [2.75, 3.05) is 11.9 Å². The molecule has 0 amide bonds. The van der Waals surface area contributed by atoms with Crippen molar-refractivity contribution in [1.82, 2.24) is 9.88 Å². The van der Waals surface area contributed by atoms with Crippen molar-refractivity contribution in [2.24, 2.45) is 0 Å². The van der Waals surface area contributed by atoms with E-state index in [-0.39, 0.29) is 18.1 Å². The van der Waals surface area contributed by atoms with E-state index in [1.54, 1.807) is 18.3 Å². The summed E-state index contributed by atoms with van der Waals surface area (Å²) in [5.74, 6) is 0.262. The number of likely N-dealkylation sites (tertiary alicyclic amines) is 1. The number of carbonyl (C=O) groups excluding carboxylic acids is 1. The molecule has 1 aliphatic rings. The number of ether oxygens (including phenoxy) is 1. The highest BCUT2D eigenvalue weighted by Crippen LogP contribution is 2.30. The largest absolute Gasteiger partial charge is 0.459 e. The van der Waals surface area contributed by atoms with Crippen LogP contribution in [0.1, 0.15) is 48.7 Å². The highest BCUT2D eigenvalue weighted by molar-refractivity contribution is 5.94. The number of rotatable bonds is 7. The van der Waals surface area contributed by atoms with Crippen LogP contribution in [0.5, 0.6) is 0 Å². The third-order valence-electron chi connectivity index (χ3n) is 6.40. The number of nitrogens with zero attached hydrogens (tertiary/aromatic N) is 2. The minimum Gasteiger partial charge on any atom is -0.459 e. The number of hydrogen-bond donors (Lipinski definition) is 1. The van der Waals surface area contributed by atoms with Crippen molar-refractivity contribution in [3.63, 3.8) is 0 Å². The Labute approximate surface area is 196 Å². The number of esters is 1. The summed E-state index contributed by atoms with van der Waals surface area (Å²) in [6.45, 7) is 9.99. The van der Waals surface area contributed by atoms with Gasteiger partial charge in [0.1, 0.15) is 11.4 Å². The molecule has 1 aromatic heterocycles. The van der Waals surface area contributed by atoms with Crippen LogP contribution in [0.15, 0.2) is 66.9 Å². The molecule has 3 aromatic rings. The molecular weight excluding hydrogens is 410 g/mol. The van der Waals surface area contributed by atoms with E-state index in [1.807, 2.05) is 13.8 Å². The van der Waals surface area contributed by atoms with Crippen molar-refractivity contribution >= 4 is 11.8 Å². The summed E-state index contributed by atoms with van der Waals surface area (Å²) in [7, 11) is 0. The molecule has 0 saturated carbocycles. The second-order valence-corrected chi connectivity index (χ2v) is 9.08. The van der Waals surface area contributed by atoms with E-state index in [2.05, 4.69) is 77.6 Å². The fourth-order valence-corrected chi connectivity index (χ4v) is 4.57. The van der Waals surface area contributed by atoms with Gasteiger partial charge >= 0.3 is 5.97 Å². The first kappa shape index (κ1) is 23.0. The zero-order chi connectivity index (χ0) is 23.4. The van der Waals surface area contributed by atoms with E-state index in [9.17, 15) is 4.79 Å². The SMILES string of the molecule is Cc1ccccc1-c1ccccc1CN1CC[C@@H](Nc2ncccc2C(=O)OC(C)C)C1C. The van der Waals surface area contributed by atoms with Crippen LogP contribution >= 0.6 is 0 Å². The van der Waals surface area contributed by atoms with Crippen molar-refractivity contribution in [3.05, 3.63) is 83.6 Å². The molecule has 5 nitrogen and oxygen atoms in total. The predicted molar refractivity (Wildman–Crippen MR) is 133 cm³/mol. The molecule has 2 heterocycles. The summed E-state index contributed by atoms with van der Waals surface area (Å²) in [5, 5.41) is 3.53. The van der Waals surface area contributed by atoms with E-state index in [0.717, 1.165) is 19.5 Å². The van der Waals surface area contributed by atoms with Crippen molar-refractivity contribution in [3.8, 4) is 11.1 Å². The number of benzene rings is 2. The molecule has 0 aliphatic carbocycles. The first-order valence-electron chi connectivity index (χ1n) is 11.7. The molecule has 33 heavy (non-hydrogen) atoms. The van der Waals surface area contributed by atoms with Gasteiger partial charge in [-0.25, -0.2) is 9.78 Å². The van der Waals surface area contributed by atoms with Gasteiger partial charge in [0.2, 0.25) is 0 Å². The van der Waals surface area contributed by atoms with Gasteiger partial charge < -0.3 is 10.1 Å². The minimum absolute atomic E-state index is 0.167. The number of pyridine rings is 1. The number of hydrogen-bond acceptors (Lipinski definition) is 5. The van der Waals surface area contributed by atoms with Gasteiger partial charge in [0.25, 0.3) is 0 Å². The fraction of sp³-hybridized carbons (Fsp3) is 0.357. The molecule has 1 saturated heterocycles. The van der Waals surface area contributed by atoms with Crippen LogP contribution in [-0.2, 0) is 11.3 Å². The second-order valence-electron chi connectivity index (χ2n) is 9.08. The molecule has 5 heteroatoms. The molecule has 1 aliphatic heterocycles. The number of carbonyl (C=O) groups is 1. The Morgan fingerprint density at radius 2 is 1.82 bits per heavy atom. The summed E-state index contributed by atoms with van der Waals surface area (Å²) in [4.78, 5) is 19.5. The zero-order valence-corrected chi connectivity index (χ0v) is 19.9. The summed E-state index contributed by atoms with van der Waals surface area (Å²) >= 11 is 0. The molecule has 1 N–H and O–H groups in total. The maximum atomic E-state index is 12.5. The van der Waals surface area contributed by atoms with Crippen LogP contribution in [0.25, 0.3) is 11.1 Å². The Morgan fingerprint density at radius 1 is 1.09 bits per heavy atom. The van der Waals surface area contributed by atoms with Crippen LogP contribution in [-0.4, -0.2) is 40.6 Å². The summed E-state index contributed by atoms with van der Waals surface area (Å²) < 4.78 is 5.40. The minimum atomic E-state index is -0.338. The van der Waals surface area contributed by atoms with E-state index in [4.69, 9.17) is 4.74 Å². The van der Waals surface area contributed by atoms with Crippen LogP contribution in [0.2, 0.25) is 0 Å². The molecular formula is C28H33N3O2. The number of anilines is 1. The van der Waals surface area contributed by atoms with Crippen LogP contribution < -0.4 is 5.32 Å². The van der Waals surface area contributed by atoms with Gasteiger partial charge in [-0.15, -0.1) is 0 Å². The van der Waals surface area contributed by atoms with E-state index in [0.29, 0.717) is 17.4 Å². The first-order valence-corrected chi connectivity index (χ1v) is 11.7. The Kier molecular flexibility index (Phi) is 7.09. The summed E-state index contributed by atoms with van der Waals surface area (Å²) in [6.07, 6.45) is 2.53. The highest BCUT2D eigenvalue weighted by Gasteiger charge is 2.32. The van der Waals surface area contributed by atoms with Crippen LogP contribution in [0.4, 0.5) is 5.82 Å². The lowest BCUT2D eigenvalue weighted by Crippen LogP contribution is -2.36. The van der Waals surface area contributed by atoms with Crippen molar-refractivity contribution < 1.29 is 9.53 Å². The van der Waals surface area contributed by atoms with Crippen molar-refractivity contribution in [2.45, 2.75) is 58.8 Å². The normalized spacial score (nSPS) is 18.5. The molecule has 0 radical (unpaired) electrons. The highest BCUT2D eigenvalue weighted by atomic mass is 16.5. The maximum absolute atomic E-state index is 12.5. The van der Waals surface area contributed by atoms with Gasteiger partial charge in [0.15, 0.2) is 0 Å². The lowest BCUT2D eigenvalue weighted by atomic mass is 9.95. The van der Waals surface area contributed by atoms with Gasteiger partial charge in [0.05, 0.1) is 6.10 Å². The standard InChI is InChI=1S/C28H33N3O2/c1-19(2)33-28(32)25-14-9-16-29-27(25)30-26-15-17-31(21(26)4)18-22-11-6-8-13-24(22)23-12-7-5-10-20(23)3/h5-14,16,19,21,26H,15,17-18H2,1-4H3,(H,29,30)/t21?,26-/m1/s1. The molecule has 1 unspecified atom stereocenters. The number of nitrogens with one attached hydrogen (secondary N) is 1. The number of aromatic nitrogens is 1. The predicted octanol–water partition coefficient (Wildman–Crippen LogP) is 5.70. The Balaban J connectivity index is 1.49. The third kappa shape index (κ3) is 5.25. The zero-order valence-electron chi connectivity index (χ0n) is 19.9. The Morgan fingerprint density at radius 3 is 2.58 bits per heavy atom. The van der Waals surface area contributed by atoms with Gasteiger partial charge in [-0.2, -0.15) is 0 Å². The van der Waals surface area contributed by atoms with E-state index < -0.39 is 0 Å². The lowest BCUT2D eigenvalue weighted by Gasteiger charge is -2.27. The topological polar surface area (TPSA) is 54.5 Å². The first-order chi connectivity index (χ1) is 15.9. The van der Waals surface area contributed by atoms with E-state index >= 15 is 0 Å². The monoisotopic (exact) mass is 443 g/mol. The molecule has 1 fully saturated rings. The maximum Gasteiger partial charge on any atom is 0.342 e. The van der Waals surface area contributed by atoms with Crippen LogP contribution in [0.3, 0.4) is 0 Å². The molecule has 2 atom stereocenters. The van der Waals surface area contributed by atoms with E-state index in [1.165, 1.54) is 22.3 Å². The lowest BCUT2D eigenvalue weighted by molar-refractivity contribution is 0.0378. The van der Waals surface area contributed by atoms with Gasteiger partial charge in [-0.1, -0.05) is 48.5 Å². The quantitative estimate of drug-likeness (QED) is 0.475.